The molecule has 1 aliphatic carbocycles. The van der Waals surface area contributed by atoms with Crippen LogP contribution in [0, 0.1) is 23.5 Å². The van der Waals surface area contributed by atoms with Crippen LogP contribution in [-0.4, -0.2) is 60.9 Å². The summed E-state index contributed by atoms with van der Waals surface area (Å²) in [6, 6.07) is 3.68. The third-order valence-corrected chi connectivity index (χ3v) is 6.08. The van der Waals surface area contributed by atoms with Gasteiger partial charge in [-0.2, -0.15) is 0 Å². The van der Waals surface area contributed by atoms with E-state index in [4.69, 9.17) is 0 Å². The first-order valence-corrected chi connectivity index (χ1v) is 9.97. The van der Waals surface area contributed by atoms with Crippen LogP contribution in [0.15, 0.2) is 30.4 Å². The predicted molar refractivity (Wildman–Crippen MR) is 109 cm³/mol. The van der Waals surface area contributed by atoms with Gasteiger partial charge in [-0.25, -0.2) is 8.78 Å². The lowest BCUT2D eigenvalue weighted by atomic mass is 9.85. The second-order valence-electron chi connectivity index (χ2n) is 7.76. The molecule has 2 unspecified atom stereocenters. The summed E-state index contributed by atoms with van der Waals surface area (Å²) in [5.41, 5.74) is 0.436. The summed E-state index contributed by atoms with van der Waals surface area (Å²) < 4.78 is 27.0. The van der Waals surface area contributed by atoms with E-state index >= 15 is 0 Å². The summed E-state index contributed by atoms with van der Waals surface area (Å²) >= 11 is 0. The summed E-state index contributed by atoms with van der Waals surface area (Å²) in [5, 5.41) is 0. The van der Waals surface area contributed by atoms with Gasteiger partial charge in [0, 0.05) is 38.8 Å². The van der Waals surface area contributed by atoms with Crippen LogP contribution < -0.4 is 4.90 Å². The summed E-state index contributed by atoms with van der Waals surface area (Å²) in [7, 11) is 0. The highest BCUT2D eigenvalue weighted by atomic mass is 35.5. The number of hydrogen-bond acceptors (Lipinski definition) is 4. The fourth-order valence-electron chi connectivity index (χ4n) is 4.49. The van der Waals surface area contributed by atoms with Crippen molar-refractivity contribution in [1.29, 1.82) is 0 Å². The van der Waals surface area contributed by atoms with Crippen molar-refractivity contribution in [3.8, 4) is 0 Å². The van der Waals surface area contributed by atoms with Gasteiger partial charge < -0.3 is 4.90 Å². The molecule has 29 heavy (non-hydrogen) atoms. The first kappa shape index (κ1) is 21.7. The van der Waals surface area contributed by atoms with Gasteiger partial charge in [0.15, 0.2) is 0 Å². The third kappa shape index (κ3) is 4.46. The van der Waals surface area contributed by atoms with Gasteiger partial charge in [0.05, 0.1) is 17.5 Å². The fraction of sp³-hybridized carbons (Fsp3) is 0.524. The van der Waals surface area contributed by atoms with Gasteiger partial charge in [-0.15, -0.1) is 12.4 Å². The van der Waals surface area contributed by atoms with Gasteiger partial charge in [0.2, 0.25) is 11.8 Å². The van der Waals surface area contributed by atoms with Crippen LogP contribution in [0.4, 0.5) is 14.5 Å². The second kappa shape index (κ2) is 9.22. The molecule has 3 aliphatic rings. The Bertz CT molecular complexity index is 770. The average Bonchev–Trinajstić information content (AvgIpc) is 2.94. The zero-order valence-electron chi connectivity index (χ0n) is 16.2. The molecule has 8 heteroatoms. The van der Waals surface area contributed by atoms with Crippen molar-refractivity contribution in [2.45, 2.75) is 19.3 Å². The molecule has 0 bridgehead atoms. The standard InChI is InChI=1S/C21H25F2N3O2.ClH/c22-15-6-7-19(18(23)14-15)25-12-10-24(11-13-25)8-3-9-26-20(27)16-4-1-2-5-17(16)21(26)28;/h1-2,6-7,14,16-17H,3-5,8-13H2;1H. The maximum atomic E-state index is 13.9. The van der Waals surface area contributed by atoms with Crippen LogP contribution in [0.1, 0.15) is 19.3 Å². The van der Waals surface area contributed by atoms with Gasteiger partial charge >= 0.3 is 0 Å². The molecule has 0 N–H and O–H groups in total. The lowest BCUT2D eigenvalue weighted by Gasteiger charge is -2.36. The second-order valence-corrected chi connectivity index (χ2v) is 7.76. The smallest absolute Gasteiger partial charge is 0.233 e. The van der Waals surface area contributed by atoms with E-state index in [1.807, 2.05) is 17.1 Å². The summed E-state index contributed by atoms with van der Waals surface area (Å²) in [6.45, 7) is 4.14. The minimum absolute atomic E-state index is 0. The fourth-order valence-corrected chi connectivity index (χ4v) is 4.49. The van der Waals surface area contributed by atoms with E-state index in [2.05, 4.69) is 4.90 Å². The number of imide groups is 1. The Morgan fingerprint density at radius 2 is 1.52 bits per heavy atom. The molecule has 2 saturated heterocycles. The van der Waals surface area contributed by atoms with Gasteiger partial charge in [0.1, 0.15) is 11.6 Å². The molecule has 0 aromatic heterocycles. The molecule has 2 fully saturated rings. The molecule has 2 amide bonds. The highest BCUT2D eigenvalue weighted by Gasteiger charge is 2.46. The van der Waals surface area contributed by atoms with E-state index in [1.54, 1.807) is 0 Å². The van der Waals surface area contributed by atoms with Crippen molar-refractivity contribution in [2.24, 2.45) is 11.8 Å². The molecule has 0 spiro atoms. The third-order valence-electron chi connectivity index (χ3n) is 6.08. The molecular formula is C21H26ClF2N3O2. The number of rotatable bonds is 5. The minimum Gasteiger partial charge on any atom is -0.367 e. The number of carbonyl (C=O) groups is 2. The number of carbonyl (C=O) groups excluding carboxylic acids is 2. The summed E-state index contributed by atoms with van der Waals surface area (Å²) in [5.74, 6) is -1.46. The first-order chi connectivity index (χ1) is 13.5. The first-order valence-electron chi connectivity index (χ1n) is 9.97. The molecule has 0 radical (unpaired) electrons. The number of nitrogens with zero attached hydrogens (tertiary/aromatic N) is 3. The number of likely N-dealkylation sites (tertiary alicyclic amines) is 1. The number of piperazine rings is 1. The van der Waals surface area contributed by atoms with Gasteiger partial charge in [-0.1, -0.05) is 12.2 Å². The molecule has 0 saturated carbocycles. The minimum atomic E-state index is -0.568. The van der Waals surface area contributed by atoms with Crippen molar-refractivity contribution in [3.63, 3.8) is 0 Å². The van der Waals surface area contributed by atoms with Crippen molar-refractivity contribution in [3.05, 3.63) is 42.0 Å². The van der Waals surface area contributed by atoms with Gasteiger partial charge in [-0.05, 0) is 37.9 Å². The summed E-state index contributed by atoms with van der Waals surface area (Å²) in [4.78, 5) is 30.6. The quantitative estimate of drug-likeness (QED) is 0.537. The topological polar surface area (TPSA) is 43.9 Å². The Labute approximate surface area is 175 Å². The van der Waals surface area contributed by atoms with E-state index in [0.29, 0.717) is 38.2 Å². The average molecular weight is 426 g/mol. The number of hydrogen-bond donors (Lipinski definition) is 0. The zero-order chi connectivity index (χ0) is 19.7. The Morgan fingerprint density at radius 1 is 0.897 bits per heavy atom. The monoisotopic (exact) mass is 425 g/mol. The molecule has 2 heterocycles. The van der Waals surface area contributed by atoms with Crippen LogP contribution in [0.3, 0.4) is 0 Å². The largest absolute Gasteiger partial charge is 0.367 e. The molecule has 1 aromatic rings. The maximum Gasteiger partial charge on any atom is 0.233 e. The number of amides is 2. The Hall–Kier alpha value is -1.99. The van der Waals surface area contributed by atoms with Crippen LogP contribution in [0.5, 0.6) is 0 Å². The lowest BCUT2D eigenvalue weighted by Crippen LogP contribution is -2.47. The zero-order valence-corrected chi connectivity index (χ0v) is 17.0. The van der Waals surface area contributed by atoms with Crippen molar-refractivity contribution in [1.82, 2.24) is 9.80 Å². The number of anilines is 1. The highest BCUT2D eigenvalue weighted by molar-refractivity contribution is 6.05. The molecule has 2 aliphatic heterocycles. The Kier molecular flexibility index (Phi) is 6.90. The van der Waals surface area contributed by atoms with Crippen LogP contribution in [0.25, 0.3) is 0 Å². The van der Waals surface area contributed by atoms with E-state index in [-0.39, 0.29) is 36.1 Å². The van der Waals surface area contributed by atoms with E-state index < -0.39 is 11.6 Å². The van der Waals surface area contributed by atoms with Crippen molar-refractivity contribution < 1.29 is 18.4 Å². The van der Waals surface area contributed by atoms with Gasteiger partial charge in [-0.3, -0.25) is 19.4 Å². The molecular weight excluding hydrogens is 400 g/mol. The number of halogens is 3. The predicted octanol–water partition coefficient (Wildman–Crippen LogP) is 2.85. The molecule has 5 nitrogen and oxygen atoms in total. The number of benzene rings is 1. The van der Waals surface area contributed by atoms with Crippen LogP contribution in [0.2, 0.25) is 0 Å². The molecule has 1 aromatic carbocycles. The summed E-state index contributed by atoms with van der Waals surface area (Å²) in [6.07, 6.45) is 6.09. The Balaban J connectivity index is 0.00000240. The maximum absolute atomic E-state index is 13.9. The van der Waals surface area contributed by atoms with Crippen molar-refractivity contribution >= 4 is 29.9 Å². The normalized spacial score (nSPS) is 24.6. The van der Waals surface area contributed by atoms with E-state index in [0.717, 1.165) is 32.1 Å². The molecule has 158 valence electrons. The van der Waals surface area contributed by atoms with Gasteiger partial charge in [0.25, 0.3) is 0 Å². The number of fused-ring (bicyclic) bond motifs is 1. The van der Waals surface area contributed by atoms with E-state index in [1.165, 1.54) is 17.0 Å². The van der Waals surface area contributed by atoms with Crippen molar-refractivity contribution in [2.75, 3.05) is 44.2 Å². The molecule has 2 atom stereocenters. The van der Waals surface area contributed by atoms with E-state index in [9.17, 15) is 18.4 Å². The Morgan fingerprint density at radius 3 is 2.10 bits per heavy atom. The van der Waals surface area contributed by atoms with Crippen LogP contribution in [-0.2, 0) is 9.59 Å². The number of allylic oxidation sites excluding steroid dienone is 2. The molecule has 4 rings (SSSR count). The lowest BCUT2D eigenvalue weighted by molar-refractivity contribution is -0.140. The highest BCUT2D eigenvalue weighted by Crippen LogP contribution is 2.35. The SMILES string of the molecule is Cl.O=C1C2CC=CCC2C(=O)N1CCCN1CCN(c2ccc(F)cc2F)CC1. The van der Waals surface area contributed by atoms with Crippen LogP contribution >= 0.6 is 12.4 Å².